The molecule has 0 amide bonds. The molecule has 2 N–H and O–H groups in total. The van der Waals surface area contributed by atoms with Crippen molar-refractivity contribution in [2.24, 2.45) is 11.7 Å². The molecule has 0 aliphatic carbocycles. The lowest BCUT2D eigenvalue weighted by Gasteiger charge is -1.98. The van der Waals surface area contributed by atoms with Gasteiger partial charge >= 0.3 is 0 Å². The van der Waals surface area contributed by atoms with Crippen LogP contribution in [0.25, 0.3) is 0 Å². The smallest absolute Gasteiger partial charge is 0.00334 e. The molecule has 0 rings (SSSR count). The molecule has 0 aliphatic rings. The fraction of sp³-hybridized carbons (Fsp3) is 0.714. The number of hydrogen-bond donors (Lipinski definition) is 1. The first-order valence-electron chi connectivity index (χ1n) is 3.09. The van der Waals surface area contributed by atoms with Crippen molar-refractivity contribution in [1.82, 2.24) is 0 Å². The summed E-state index contributed by atoms with van der Waals surface area (Å²) in [5.41, 5.74) is 6.00. The Labute approximate surface area is 52.6 Å². The second-order valence-electron chi connectivity index (χ2n) is 1.73. The molecular formula is C7H17N. The fourth-order valence-corrected chi connectivity index (χ4v) is 0. The first-order valence-corrected chi connectivity index (χ1v) is 3.09. The Kier molecular flexibility index (Phi) is 8.59. The van der Waals surface area contributed by atoms with E-state index in [1.54, 1.807) is 0 Å². The largest absolute Gasteiger partial charge is 0.402 e. The van der Waals surface area contributed by atoms with Crippen LogP contribution in [-0.2, 0) is 0 Å². The van der Waals surface area contributed by atoms with Gasteiger partial charge in [-0.15, -0.1) is 0 Å². The molecule has 0 aromatic rings. The van der Waals surface area contributed by atoms with Crippen molar-refractivity contribution in [3.8, 4) is 0 Å². The summed E-state index contributed by atoms with van der Waals surface area (Å²) >= 11 is 0. The third kappa shape index (κ3) is 9.11. The average molecular weight is 115 g/mol. The van der Waals surface area contributed by atoms with E-state index >= 15 is 0 Å². The Morgan fingerprint density at radius 3 is 1.50 bits per heavy atom. The molecule has 1 nitrogen and oxygen atoms in total. The molecule has 0 aliphatic heterocycles. The number of rotatable bonds is 1. The molecule has 0 saturated carbocycles. The van der Waals surface area contributed by atoms with E-state index < -0.39 is 0 Å². The third-order valence-electron chi connectivity index (χ3n) is 0.742. The Bertz CT molecular complexity index is 55.4. The van der Waals surface area contributed by atoms with Gasteiger partial charge in [0.25, 0.3) is 0 Å². The average Bonchev–Trinajstić information content (AvgIpc) is 1.72. The van der Waals surface area contributed by atoms with Crippen LogP contribution in [0.15, 0.2) is 12.3 Å². The molecule has 0 unspecified atom stereocenters. The van der Waals surface area contributed by atoms with Crippen LogP contribution in [0.2, 0.25) is 0 Å². The van der Waals surface area contributed by atoms with E-state index in [0.29, 0.717) is 5.92 Å². The molecule has 0 fully saturated rings. The predicted molar refractivity (Wildman–Crippen MR) is 39.5 cm³/mol. The molecular weight excluding hydrogens is 98.1 g/mol. The van der Waals surface area contributed by atoms with Gasteiger partial charge in [0.2, 0.25) is 0 Å². The highest BCUT2D eigenvalue weighted by molar-refractivity contribution is 4.88. The minimum Gasteiger partial charge on any atom is -0.402 e. The summed E-state index contributed by atoms with van der Waals surface area (Å²) < 4.78 is 0. The molecule has 0 aromatic carbocycles. The zero-order valence-corrected chi connectivity index (χ0v) is 6.36. The highest BCUT2D eigenvalue weighted by Gasteiger charge is 1.88. The standard InChI is InChI=1S/C5H11N.C2H6/c1-4(2)5(3)6;1-2/h4H,3,6H2,1-2H3;1-2H3. The van der Waals surface area contributed by atoms with Crippen LogP contribution in [0.3, 0.4) is 0 Å². The van der Waals surface area contributed by atoms with Crippen molar-refractivity contribution in [3.63, 3.8) is 0 Å². The summed E-state index contributed by atoms with van der Waals surface area (Å²) in [5, 5.41) is 0. The monoisotopic (exact) mass is 115 g/mol. The van der Waals surface area contributed by atoms with Gasteiger partial charge in [-0.3, -0.25) is 0 Å². The van der Waals surface area contributed by atoms with Crippen LogP contribution in [-0.4, -0.2) is 0 Å². The fourth-order valence-electron chi connectivity index (χ4n) is 0. The second kappa shape index (κ2) is 6.54. The van der Waals surface area contributed by atoms with Crippen LogP contribution < -0.4 is 5.73 Å². The van der Waals surface area contributed by atoms with Gasteiger partial charge in [-0.1, -0.05) is 34.3 Å². The Hall–Kier alpha value is -0.460. The normalized spacial score (nSPS) is 7.62. The van der Waals surface area contributed by atoms with Crippen LogP contribution in [0, 0.1) is 5.92 Å². The lowest BCUT2D eigenvalue weighted by Crippen LogP contribution is -2.01. The molecule has 0 spiro atoms. The molecule has 50 valence electrons. The van der Waals surface area contributed by atoms with Crippen LogP contribution in [0.5, 0.6) is 0 Å². The summed E-state index contributed by atoms with van der Waals surface area (Å²) in [6, 6.07) is 0. The molecule has 0 radical (unpaired) electrons. The summed E-state index contributed by atoms with van der Waals surface area (Å²) in [6.07, 6.45) is 0. The SMILES string of the molecule is C=C(N)C(C)C.CC. The zero-order valence-electron chi connectivity index (χ0n) is 6.36. The Morgan fingerprint density at radius 1 is 1.38 bits per heavy atom. The molecule has 0 atom stereocenters. The van der Waals surface area contributed by atoms with E-state index in [1.807, 2.05) is 27.7 Å². The third-order valence-corrected chi connectivity index (χ3v) is 0.742. The summed E-state index contributed by atoms with van der Waals surface area (Å²) in [6.45, 7) is 11.6. The summed E-state index contributed by atoms with van der Waals surface area (Å²) in [5.74, 6) is 0.435. The first kappa shape index (κ1) is 10.5. The van der Waals surface area contributed by atoms with Gasteiger partial charge < -0.3 is 5.73 Å². The van der Waals surface area contributed by atoms with Gasteiger partial charge in [-0.05, 0) is 5.92 Å². The maximum Gasteiger partial charge on any atom is 0.00334 e. The van der Waals surface area contributed by atoms with Gasteiger partial charge in [0.15, 0.2) is 0 Å². The lowest BCUT2D eigenvalue weighted by atomic mass is 10.2. The molecule has 0 bridgehead atoms. The van der Waals surface area contributed by atoms with Crippen molar-refractivity contribution in [2.45, 2.75) is 27.7 Å². The van der Waals surface area contributed by atoms with E-state index in [2.05, 4.69) is 6.58 Å². The Morgan fingerprint density at radius 2 is 1.50 bits per heavy atom. The van der Waals surface area contributed by atoms with Crippen molar-refractivity contribution in [2.75, 3.05) is 0 Å². The minimum atomic E-state index is 0.435. The molecule has 0 heterocycles. The highest BCUT2D eigenvalue weighted by Crippen LogP contribution is 1.95. The molecule has 1 heteroatoms. The zero-order chi connectivity index (χ0) is 7.15. The molecule has 8 heavy (non-hydrogen) atoms. The summed E-state index contributed by atoms with van der Waals surface area (Å²) in [7, 11) is 0. The van der Waals surface area contributed by atoms with E-state index in [9.17, 15) is 0 Å². The number of allylic oxidation sites excluding steroid dienone is 1. The van der Waals surface area contributed by atoms with Gasteiger partial charge in [-0.2, -0.15) is 0 Å². The molecule has 0 saturated heterocycles. The van der Waals surface area contributed by atoms with E-state index in [-0.39, 0.29) is 0 Å². The van der Waals surface area contributed by atoms with Crippen LogP contribution >= 0.6 is 0 Å². The Balaban J connectivity index is 0. The quantitative estimate of drug-likeness (QED) is 0.556. The maximum atomic E-state index is 5.24. The van der Waals surface area contributed by atoms with Crippen LogP contribution in [0.4, 0.5) is 0 Å². The van der Waals surface area contributed by atoms with E-state index in [4.69, 9.17) is 5.73 Å². The first-order chi connectivity index (χ1) is 3.64. The molecule has 0 aromatic heterocycles. The van der Waals surface area contributed by atoms with Gasteiger partial charge in [-0.25, -0.2) is 0 Å². The van der Waals surface area contributed by atoms with Crippen molar-refractivity contribution in [3.05, 3.63) is 12.3 Å². The number of hydrogen-bond acceptors (Lipinski definition) is 1. The topological polar surface area (TPSA) is 26.0 Å². The van der Waals surface area contributed by atoms with Gasteiger partial charge in [0.05, 0.1) is 0 Å². The predicted octanol–water partition coefficient (Wildman–Crippen LogP) is 2.14. The minimum absolute atomic E-state index is 0.435. The number of nitrogens with two attached hydrogens (primary N) is 1. The van der Waals surface area contributed by atoms with E-state index in [0.717, 1.165) is 5.70 Å². The van der Waals surface area contributed by atoms with Gasteiger partial charge in [0.1, 0.15) is 0 Å². The van der Waals surface area contributed by atoms with Crippen molar-refractivity contribution < 1.29 is 0 Å². The van der Waals surface area contributed by atoms with Crippen LogP contribution in [0.1, 0.15) is 27.7 Å². The van der Waals surface area contributed by atoms with Crippen molar-refractivity contribution in [1.29, 1.82) is 0 Å². The van der Waals surface area contributed by atoms with Crippen molar-refractivity contribution >= 4 is 0 Å². The summed E-state index contributed by atoms with van der Waals surface area (Å²) in [4.78, 5) is 0. The van der Waals surface area contributed by atoms with Gasteiger partial charge in [0, 0.05) is 5.70 Å². The maximum absolute atomic E-state index is 5.24. The van der Waals surface area contributed by atoms with E-state index in [1.165, 1.54) is 0 Å². The lowest BCUT2D eigenvalue weighted by molar-refractivity contribution is 0.761. The highest BCUT2D eigenvalue weighted by atomic mass is 14.6. The second-order valence-corrected chi connectivity index (χ2v) is 1.73.